The molecule has 4 unspecified atom stereocenters. The molecule has 210 valence electrons. The zero-order chi connectivity index (χ0) is 28.7. The summed E-state index contributed by atoms with van der Waals surface area (Å²) in [6.07, 6.45) is -0.252. The Morgan fingerprint density at radius 3 is 2.00 bits per heavy atom. The minimum Gasteiger partial charge on any atom is -0.481 e. The number of carbonyl (C=O) groups excluding carboxylic acids is 3. The highest BCUT2D eigenvalue weighted by molar-refractivity contribution is 7.80. The molecule has 0 aromatic heterocycles. The number of nitrogens with one attached hydrogen (secondary N) is 3. The molecule has 15 heteroatoms. The fraction of sp³-hybridized carbons (Fsp3) is 0.478. The molecule has 0 fully saturated rings. The summed E-state index contributed by atoms with van der Waals surface area (Å²) >= 11 is 4.05. The molecular weight excluding hydrogens is 518 g/mol. The van der Waals surface area contributed by atoms with Crippen LogP contribution in [0.25, 0.3) is 0 Å². The Bertz CT molecular complexity index is 990. The lowest BCUT2D eigenvalue weighted by Crippen LogP contribution is -2.57. The van der Waals surface area contributed by atoms with E-state index in [1.807, 2.05) is 0 Å². The number of aliphatic carboxylic acids is 2. The molecule has 0 saturated heterocycles. The number of nitrogens with zero attached hydrogens (tertiary/aromatic N) is 1. The molecule has 0 aliphatic rings. The van der Waals surface area contributed by atoms with Gasteiger partial charge in [-0.05, 0) is 31.2 Å². The molecule has 4 atom stereocenters. The van der Waals surface area contributed by atoms with Crippen molar-refractivity contribution in [3.63, 3.8) is 0 Å². The molecule has 0 aliphatic heterocycles. The fourth-order valence-corrected chi connectivity index (χ4v) is 3.53. The third-order valence-electron chi connectivity index (χ3n) is 5.29. The van der Waals surface area contributed by atoms with E-state index in [9.17, 15) is 29.1 Å². The van der Waals surface area contributed by atoms with E-state index >= 15 is 0 Å². The monoisotopic (exact) mass is 553 g/mol. The van der Waals surface area contributed by atoms with Gasteiger partial charge in [-0.1, -0.05) is 30.3 Å². The minimum atomic E-state index is -1.31. The second-order valence-electron chi connectivity index (χ2n) is 8.38. The van der Waals surface area contributed by atoms with Crippen LogP contribution in [-0.2, 0) is 30.4 Å². The Balaban J connectivity index is 2.84. The van der Waals surface area contributed by atoms with E-state index < -0.39 is 60.2 Å². The number of carboxylic acids is 2. The van der Waals surface area contributed by atoms with Crippen LogP contribution in [0, 0.1) is 0 Å². The predicted molar refractivity (Wildman–Crippen MR) is 142 cm³/mol. The van der Waals surface area contributed by atoms with E-state index in [1.165, 1.54) is 0 Å². The fourth-order valence-electron chi connectivity index (χ4n) is 3.28. The summed E-state index contributed by atoms with van der Waals surface area (Å²) in [5.74, 6) is -5.20. The van der Waals surface area contributed by atoms with Crippen molar-refractivity contribution in [2.24, 2.45) is 22.2 Å². The van der Waals surface area contributed by atoms with Crippen LogP contribution >= 0.6 is 12.6 Å². The highest BCUT2D eigenvalue weighted by atomic mass is 32.1. The third-order valence-corrected chi connectivity index (χ3v) is 5.66. The number of guanidine groups is 1. The van der Waals surface area contributed by atoms with Gasteiger partial charge in [0.2, 0.25) is 17.7 Å². The molecule has 38 heavy (non-hydrogen) atoms. The number of amides is 3. The highest BCUT2D eigenvalue weighted by Gasteiger charge is 2.30. The summed E-state index contributed by atoms with van der Waals surface area (Å²) in [7, 11) is 0. The van der Waals surface area contributed by atoms with E-state index in [0.29, 0.717) is 0 Å². The number of carboxylic acid groups (broad SMARTS) is 2. The maximum absolute atomic E-state index is 12.9. The van der Waals surface area contributed by atoms with Gasteiger partial charge in [0.1, 0.15) is 18.1 Å². The van der Waals surface area contributed by atoms with Gasteiger partial charge in [0, 0.05) is 18.7 Å². The Hall–Kier alpha value is -3.85. The van der Waals surface area contributed by atoms with Gasteiger partial charge in [-0.2, -0.15) is 12.6 Å². The van der Waals surface area contributed by atoms with Crippen LogP contribution in [0.1, 0.15) is 31.2 Å². The van der Waals surface area contributed by atoms with Gasteiger partial charge in [0.15, 0.2) is 5.96 Å². The largest absolute Gasteiger partial charge is 0.481 e. The number of carbonyl (C=O) groups is 5. The number of aliphatic imine (C=N–C) groups is 1. The zero-order valence-electron chi connectivity index (χ0n) is 20.7. The number of hydrogen-bond donors (Lipinski definition) is 9. The summed E-state index contributed by atoms with van der Waals surface area (Å²) in [5, 5.41) is 25.6. The topological polar surface area (TPSA) is 252 Å². The van der Waals surface area contributed by atoms with Crippen LogP contribution in [0.15, 0.2) is 35.3 Å². The van der Waals surface area contributed by atoms with Crippen LogP contribution in [-0.4, -0.2) is 82.3 Å². The van der Waals surface area contributed by atoms with Crippen molar-refractivity contribution in [3.8, 4) is 0 Å². The van der Waals surface area contributed by atoms with Crippen molar-refractivity contribution in [1.29, 1.82) is 0 Å². The van der Waals surface area contributed by atoms with E-state index in [-0.39, 0.29) is 43.9 Å². The Morgan fingerprint density at radius 2 is 1.45 bits per heavy atom. The van der Waals surface area contributed by atoms with Crippen molar-refractivity contribution in [2.45, 2.75) is 56.3 Å². The average molecular weight is 554 g/mol. The predicted octanol–water partition coefficient (Wildman–Crippen LogP) is -2.06. The second kappa shape index (κ2) is 16.8. The van der Waals surface area contributed by atoms with Gasteiger partial charge in [0.25, 0.3) is 0 Å². The molecule has 11 N–H and O–H groups in total. The van der Waals surface area contributed by atoms with Crippen LogP contribution in [0.3, 0.4) is 0 Å². The van der Waals surface area contributed by atoms with Crippen LogP contribution < -0.4 is 33.2 Å². The molecule has 3 amide bonds. The normalized spacial score (nSPS) is 13.7. The summed E-state index contributed by atoms with van der Waals surface area (Å²) in [6, 6.07) is 4.05. The maximum Gasteiger partial charge on any atom is 0.326 e. The lowest BCUT2D eigenvalue weighted by atomic mass is 10.0. The summed E-state index contributed by atoms with van der Waals surface area (Å²) in [4.78, 5) is 64.6. The molecule has 0 radical (unpaired) electrons. The molecule has 1 aromatic rings. The standard InChI is InChI=1S/C23H35N7O7S/c24-14(11-13-5-2-1-3-6-13)19(33)28-15(8-9-18(31)32)20(34)30-17(12-38)21(35)29-16(22(36)37)7-4-10-27-23(25)26/h1-3,5-6,14-17,38H,4,7-12,24H2,(H,28,33)(H,29,35)(H,30,34)(H,31,32)(H,36,37)(H4,25,26,27). The van der Waals surface area contributed by atoms with Gasteiger partial charge < -0.3 is 43.4 Å². The average Bonchev–Trinajstić information content (AvgIpc) is 2.86. The summed E-state index contributed by atoms with van der Waals surface area (Å²) in [5.41, 5.74) is 17.2. The van der Waals surface area contributed by atoms with Crippen molar-refractivity contribution in [3.05, 3.63) is 35.9 Å². The first-order valence-electron chi connectivity index (χ1n) is 11.8. The molecule has 1 rings (SSSR count). The van der Waals surface area contributed by atoms with E-state index in [0.717, 1.165) is 5.56 Å². The first-order valence-corrected chi connectivity index (χ1v) is 12.4. The molecule has 14 nitrogen and oxygen atoms in total. The van der Waals surface area contributed by atoms with Crippen molar-refractivity contribution in [2.75, 3.05) is 12.3 Å². The quantitative estimate of drug-likeness (QED) is 0.0441. The third kappa shape index (κ3) is 12.4. The first-order chi connectivity index (χ1) is 17.9. The zero-order valence-corrected chi connectivity index (χ0v) is 21.6. The van der Waals surface area contributed by atoms with Gasteiger partial charge in [-0.25, -0.2) is 4.79 Å². The lowest BCUT2D eigenvalue weighted by molar-refractivity contribution is -0.142. The van der Waals surface area contributed by atoms with E-state index in [2.05, 4.69) is 33.6 Å². The Labute approximate surface area is 225 Å². The molecule has 0 heterocycles. The lowest BCUT2D eigenvalue weighted by Gasteiger charge is -2.24. The van der Waals surface area contributed by atoms with Crippen molar-refractivity contribution >= 4 is 48.2 Å². The van der Waals surface area contributed by atoms with Crippen LogP contribution in [0.2, 0.25) is 0 Å². The van der Waals surface area contributed by atoms with Gasteiger partial charge in [-0.15, -0.1) is 0 Å². The Kier molecular flexibility index (Phi) is 14.2. The van der Waals surface area contributed by atoms with Gasteiger partial charge >= 0.3 is 11.9 Å². The van der Waals surface area contributed by atoms with Crippen molar-refractivity contribution < 1.29 is 34.2 Å². The van der Waals surface area contributed by atoms with E-state index in [4.69, 9.17) is 22.3 Å². The molecule has 0 spiro atoms. The van der Waals surface area contributed by atoms with Crippen molar-refractivity contribution in [1.82, 2.24) is 16.0 Å². The van der Waals surface area contributed by atoms with Crippen LogP contribution in [0.5, 0.6) is 0 Å². The number of thiol groups is 1. The highest BCUT2D eigenvalue weighted by Crippen LogP contribution is 2.05. The number of benzene rings is 1. The summed E-state index contributed by atoms with van der Waals surface area (Å²) < 4.78 is 0. The van der Waals surface area contributed by atoms with E-state index in [1.54, 1.807) is 30.3 Å². The van der Waals surface area contributed by atoms with Crippen LogP contribution in [0.4, 0.5) is 0 Å². The molecule has 0 bridgehead atoms. The SMILES string of the molecule is NC(N)=NCCCC(NC(=O)C(CS)NC(=O)C(CCC(=O)O)NC(=O)C(N)Cc1ccccc1)C(=O)O. The Morgan fingerprint density at radius 1 is 0.868 bits per heavy atom. The molecule has 0 aliphatic carbocycles. The van der Waals surface area contributed by atoms with Gasteiger partial charge in [-0.3, -0.25) is 24.2 Å². The number of hydrogen-bond acceptors (Lipinski definition) is 8. The molecule has 1 aromatic carbocycles. The second-order valence-corrected chi connectivity index (χ2v) is 8.75. The number of rotatable bonds is 17. The summed E-state index contributed by atoms with van der Waals surface area (Å²) in [6.45, 7) is 0.159. The first kappa shape index (κ1) is 32.2. The number of nitrogens with two attached hydrogens (primary N) is 3. The smallest absolute Gasteiger partial charge is 0.326 e. The molecular formula is C23H35N7O7S. The maximum atomic E-state index is 12.9. The minimum absolute atomic E-state index is 0.0156. The van der Waals surface area contributed by atoms with Gasteiger partial charge in [0.05, 0.1) is 6.04 Å². The molecule has 0 saturated carbocycles.